The predicted molar refractivity (Wildman–Crippen MR) is 81.7 cm³/mol. The fraction of sp³-hybridized carbons (Fsp3) is 0.733. The van der Waals surface area contributed by atoms with Crippen molar-refractivity contribution in [3.8, 4) is 6.07 Å². The van der Waals surface area contributed by atoms with Crippen LogP contribution in [0.3, 0.4) is 0 Å². The number of nitrogens with zero attached hydrogens (tertiary/aromatic N) is 3. The van der Waals surface area contributed by atoms with Gasteiger partial charge in [-0.25, -0.2) is 8.78 Å². The monoisotopic (exact) mass is 329 g/mol. The van der Waals surface area contributed by atoms with Crippen LogP contribution < -0.4 is 0 Å². The second-order valence-electron chi connectivity index (χ2n) is 5.67. The number of aromatic nitrogens is 2. The van der Waals surface area contributed by atoms with Gasteiger partial charge in [-0.2, -0.15) is 22.1 Å². The summed E-state index contributed by atoms with van der Waals surface area (Å²) in [4.78, 5) is 0. The van der Waals surface area contributed by atoms with Gasteiger partial charge in [-0.3, -0.25) is 4.68 Å². The van der Waals surface area contributed by atoms with Crippen LogP contribution in [0, 0.1) is 16.7 Å². The molecule has 0 spiro atoms. The molecule has 1 aromatic heterocycles. The van der Waals surface area contributed by atoms with E-state index < -0.39 is 6.43 Å². The van der Waals surface area contributed by atoms with E-state index in [0.29, 0.717) is 24.5 Å². The second kappa shape index (κ2) is 7.93. The quantitative estimate of drug-likeness (QED) is 0.716. The number of hydrogen-bond donors (Lipinski definition) is 0. The average Bonchev–Trinajstić information content (AvgIpc) is 2.89. The van der Waals surface area contributed by atoms with Gasteiger partial charge in [0.05, 0.1) is 11.5 Å². The minimum atomic E-state index is -2.53. The molecule has 22 heavy (non-hydrogen) atoms. The molecule has 0 bridgehead atoms. The van der Waals surface area contributed by atoms with Crippen molar-refractivity contribution in [1.29, 1.82) is 5.26 Å². The third-order valence-corrected chi connectivity index (χ3v) is 5.12. The molecule has 2 rings (SSSR count). The number of nitriles is 1. The summed E-state index contributed by atoms with van der Waals surface area (Å²) in [6, 6.07) is 2.45. The number of thioether (sulfide) groups is 1. The SMILES string of the molecule is Cn1cc(CSCCCC2(C#N)CCOCC2)c(C(F)F)n1. The summed E-state index contributed by atoms with van der Waals surface area (Å²) in [5.41, 5.74) is 0.234. The van der Waals surface area contributed by atoms with E-state index in [-0.39, 0.29) is 11.1 Å². The van der Waals surface area contributed by atoms with E-state index in [9.17, 15) is 14.0 Å². The van der Waals surface area contributed by atoms with Gasteiger partial charge in [0, 0.05) is 37.8 Å². The molecule has 1 aliphatic rings. The van der Waals surface area contributed by atoms with Crippen LogP contribution in [-0.2, 0) is 17.5 Å². The Kier molecular flexibility index (Phi) is 6.21. The lowest BCUT2D eigenvalue weighted by atomic mass is 9.78. The van der Waals surface area contributed by atoms with E-state index in [4.69, 9.17) is 4.74 Å². The van der Waals surface area contributed by atoms with Gasteiger partial charge in [0.1, 0.15) is 5.69 Å². The molecule has 7 heteroatoms. The minimum absolute atomic E-state index is 0.118. The minimum Gasteiger partial charge on any atom is -0.381 e. The van der Waals surface area contributed by atoms with Crippen molar-refractivity contribution in [2.24, 2.45) is 12.5 Å². The summed E-state index contributed by atoms with van der Waals surface area (Å²) in [6.45, 7) is 1.32. The van der Waals surface area contributed by atoms with Crippen molar-refractivity contribution in [3.63, 3.8) is 0 Å². The van der Waals surface area contributed by atoms with Crippen LogP contribution >= 0.6 is 11.8 Å². The Morgan fingerprint density at radius 2 is 2.23 bits per heavy atom. The lowest BCUT2D eigenvalue weighted by Crippen LogP contribution is -2.28. The highest BCUT2D eigenvalue weighted by molar-refractivity contribution is 7.98. The Bertz CT molecular complexity index is 521. The Hall–Kier alpha value is -1.13. The maximum Gasteiger partial charge on any atom is 0.282 e. The zero-order valence-electron chi connectivity index (χ0n) is 12.7. The van der Waals surface area contributed by atoms with Crippen molar-refractivity contribution in [1.82, 2.24) is 9.78 Å². The van der Waals surface area contributed by atoms with Crippen molar-refractivity contribution >= 4 is 11.8 Å². The third kappa shape index (κ3) is 4.43. The highest BCUT2D eigenvalue weighted by Gasteiger charge is 2.31. The molecule has 0 radical (unpaired) electrons. The van der Waals surface area contributed by atoms with Crippen LogP contribution in [0.25, 0.3) is 0 Å². The van der Waals surface area contributed by atoms with Gasteiger partial charge >= 0.3 is 0 Å². The largest absolute Gasteiger partial charge is 0.381 e. The molecule has 1 fully saturated rings. The predicted octanol–water partition coefficient (Wildman–Crippen LogP) is 3.69. The standard InChI is InChI=1S/C15H21F2N3OS/c1-20-9-12(13(19-20)14(16)17)10-22-8-2-3-15(11-18)4-6-21-7-5-15/h9,14H,2-8,10H2,1H3. The van der Waals surface area contributed by atoms with Gasteiger partial charge in [0.2, 0.25) is 0 Å². The smallest absolute Gasteiger partial charge is 0.282 e. The van der Waals surface area contributed by atoms with Crippen LogP contribution in [-0.4, -0.2) is 28.7 Å². The van der Waals surface area contributed by atoms with Crippen LogP contribution in [0.5, 0.6) is 0 Å². The van der Waals surface area contributed by atoms with Crippen LogP contribution in [0.2, 0.25) is 0 Å². The molecule has 1 aliphatic heterocycles. The summed E-state index contributed by atoms with van der Waals surface area (Å²) < 4.78 is 32.4. The van der Waals surface area contributed by atoms with Gasteiger partial charge in [0.25, 0.3) is 6.43 Å². The Labute approximate surface area is 133 Å². The highest BCUT2D eigenvalue weighted by Crippen LogP contribution is 2.35. The number of alkyl halides is 2. The van der Waals surface area contributed by atoms with Crippen molar-refractivity contribution < 1.29 is 13.5 Å². The van der Waals surface area contributed by atoms with Gasteiger partial charge in [-0.1, -0.05) is 0 Å². The molecule has 1 aromatic rings. The van der Waals surface area contributed by atoms with E-state index in [1.165, 1.54) is 4.68 Å². The van der Waals surface area contributed by atoms with E-state index in [1.54, 1.807) is 25.0 Å². The highest BCUT2D eigenvalue weighted by atomic mass is 32.2. The Morgan fingerprint density at radius 3 is 2.86 bits per heavy atom. The molecule has 0 aromatic carbocycles. The molecule has 0 N–H and O–H groups in total. The van der Waals surface area contributed by atoms with Crippen LogP contribution in [0.1, 0.15) is 43.4 Å². The van der Waals surface area contributed by atoms with Crippen LogP contribution in [0.15, 0.2) is 6.20 Å². The van der Waals surface area contributed by atoms with Crippen LogP contribution in [0.4, 0.5) is 8.78 Å². The summed E-state index contributed by atoms with van der Waals surface area (Å²) in [5, 5.41) is 13.2. The van der Waals surface area contributed by atoms with Gasteiger partial charge in [0.15, 0.2) is 0 Å². The maximum atomic E-state index is 12.8. The zero-order valence-corrected chi connectivity index (χ0v) is 13.5. The molecule has 0 unspecified atom stereocenters. The first kappa shape index (κ1) is 17.2. The fourth-order valence-electron chi connectivity index (χ4n) is 2.72. The lowest BCUT2D eigenvalue weighted by molar-refractivity contribution is 0.0368. The van der Waals surface area contributed by atoms with E-state index >= 15 is 0 Å². The molecule has 122 valence electrons. The molecule has 0 saturated carbocycles. The lowest BCUT2D eigenvalue weighted by Gasteiger charge is -2.30. The third-order valence-electron chi connectivity index (χ3n) is 4.03. The molecule has 0 amide bonds. The number of halogens is 2. The first-order valence-electron chi connectivity index (χ1n) is 7.44. The molecule has 1 saturated heterocycles. The number of ether oxygens (including phenoxy) is 1. The molecule has 0 atom stereocenters. The number of aryl methyl sites for hydroxylation is 1. The number of rotatable bonds is 7. The summed E-state index contributed by atoms with van der Waals surface area (Å²) in [7, 11) is 1.65. The second-order valence-corrected chi connectivity index (χ2v) is 6.78. The van der Waals surface area contributed by atoms with E-state index in [1.807, 2.05) is 0 Å². The maximum absolute atomic E-state index is 12.8. The van der Waals surface area contributed by atoms with E-state index in [0.717, 1.165) is 31.4 Å². The zero-order chi connectivity index (χ0) is 16.0. The molecule has 2 heterocycles. The molecule has 0 aliphatic carbocycles. The number of hydrogen-bond acceptors (Lipinski definition) is 4. The van der Waals surface area contributed by atoms with Gasteiger partial charge < -0.3 is 4.74 Å². The average molecular weight is 329 g/mol. The van der Waals surface area contributed by atoms with Crippen molar-refractivity contribution in [2.45, 2.75) is 37.9 Å². The summed E-state index contributed by atoms with van der Waals surface area (Å²) in [5.74, 6) is 1.40. The molecule has 4 nitrogen and oxygen atoms in total. The Morgan fingerprint density at radius 1 is 1.50 bits per heavy atom. The van der Waals surface area contributed by atoms with Gasteiger partial charge in [-0.15, -0.1) is 0 Å². The topological polar surface area (TPSA) is 50.8 Å². The molecular formula is C15H21F2N3OS. The van der Waals surface area contributed by atoms with Crippen molar-refractivity contribution in [3.05, 3.63) is 17.5 Å². The Balaban J connectivity index is 1.74. The molecular weight excluding hydrogens is 308 g/mol. The summed E-state index contributed by atoms with van der Waals surface area (Å²) >= 11 is 1.62. The van der Waals surface area contributed by atoms with E-state index in [2.05, 4.69) is 11.2 Å². The summed E-state index contributed by atoms with van der Waals surface area (Å²) in [6.07, 6.45) is 2.50. The normalized spacial score (nSPS) is 17.6. The first-order chi connectivity index (χ1) is 10.6. The first-order valence-corrected chi connectivity index (χ1v) is 8.59. The fourth-order valence-corrected chi connectivity index (χ4v) is 3.66. The van der Waals surface area contributed by atoms with Crippen molar-refractivity contribution in [2.75, 3.05) is 19.0 Å². The van der Waals surface area contributed by atoms with Gasteiger partial charge in [-0.05, 0) is 31.4 Å².